The lowest BCUT2D eigenvalue weighted by Gasteiger charge is -2.08. The first-order valence-corrected chi connectivity index (χ1v) is 11.8. The van der Waals surface area contributed by atoms with Gasteiger partial charge in [0.25, 0.3) is 0 Å². The van der Waals surface area contributed by atoms with Crippen molar-refractivity contribution in [1.29, 1.82) is 0 Å². The molecular weight excluding hydrogens is 469 g/mol. The Morgan fingerprint density at radius 3 is 2.65 bits per heavy atom. The number of carbonyl (C=O) groups excluding carboxylic acids is 1. The predicted octanol–water partition coefficient (Wildman–Crippen LogP) is 5.96. The average Bonchev–Trinajstić information content (AvgIpc) is 3.53. The molecule has 0 radical (unpaired) electrons. The van der Waals surface area contributed by atoms with Crippen LogP contribution in [0.1, 0.15) is 13.8 Å². The van der Waals surface area contributed by atoms with Crippen LogP contribution < -0.4 is 5.32 Å². The molecule has 0 aliphatic heterocycles. The zero-order valence-corrected chi connectivity index (χ0v) is 20.1. The Bertz CT molecular complexity index is 1790. The fourth-order valence-corrected chi connectivity index (χ4v) is 4.23. The number of aromatic amines is 2. The summed E-state index contributed by atoms with van der Waals surface area (Å²) in [4.78, 5) is 29.1. The number of anilines is 1. The summed E-state index contributed by atoms with van der Waals surface area (Å²) in [5.74, 6) is 0.0209. The van der Waals surface area contributed by atoms with Crippen LogP contribution in [0.25, 0.3) is 55.8 Å². The van der Waals surface area contributed by atoms with Gasteiger partial charge in [-0.1, -0.05) is 44.2 Å². The van der Waals surface area contributed by atoms with Crippen LogP contribution in [0.2, 0.25) is 0 Å². The second-order valence-electron chi connectivity index (χ2n) is 9.06. The van der Waals surface area contributed by atoms with Gasteiger partial charge in [0, 0.05) is 34.2 Å². The first kappa shape index (κ1) is 22.5. The third-order valence-electron chi connectivity index (χ3n) is 6.17. The fraction of sp³-hybridized carbons (Fsp3) is 0.107. The molecule has 0 fully saturated rings. The van der Waals surface area contributed by atoms with Gasteiger partial charge in [-0.05, 0) is 24.3 Å². The number of aromatic nitrogens is 6. The van der Waals surface area contributed by atoms with Crippen molar-refractivity contribution in [3.63, 3.8) is 0 Å². The number of hydrogen-bond donors (Lipinski definition) is 3. The quantitative estimate of drug-likeness (QED) is 0.275. The van der Waals surface area contributed by atoms with Crippen LogP contribution in [0.3, 0.4) is 0 Å². The molecule has 0 spiro atoms. The molecule has 182 valence electrons. The van der Waals surface area contributed by atoms with Crippen molar-refractivity contribution in [1.82, 2.24) is 30.1 Å². The molecule has 1 amide bonds. The van der Waals surface area contributed by atoms with Gasteiger partial charge in [-0.3, -0.25) is 19.9 Å². The van der Waals surface area contributed by atoms with Gasteiger partial charge in [-0.25, -0.2) is 9.37 Å². The number of para-hydroxylation sites is 1. The minimum atomic E-state index is -0.305. The standard InChI is InChI=1S/C28H22FN7O/c1-15(2)28(37)32-17-10-16(12-30-13-17)23-11-20-24(14-31-23)35-36-26(20)27-33-22-9-5-7-19(25(22)34-27)18-6-3-4-8-21(18)29/h3-15H,1-2H3,(H,32,37)(H,33,34)(H,35,36). The summed E-state index contributed by atoms with van der Waals surface area (Å²) in [6, 6.07) is 16.0. The highest BCUT2D eigenvalue weighted by Gasteiger charge is 2.17. The van der Waals surface area contributed by atoms with Crippen LogP contribution in [0, 0.1) is 11.7 Å². The normalized spacial score (nSPS) is 11.5. The minimum Gasteiger partial charge on any atom is -0.337 e. The summed E-state index contributed by atoms with van der Waals surface area (Å²) in [5, 5.41) is 11.2. The maximum atomic E-state index is 14.5. The summed E-state index contributed by atoms with van der Waals surface area (Å²) in [6.45, 7) is 3.67. The lowest BCUT2D eigenvalue weighted by Crippen LogP contribution is -2.17. The van der Waals surface area contributed by atoms with E-state index in [1.807, 2.05) is 44.2 Å². The van der Waals surface area contributed by atoms with Crippen molar-refractivity contribution >= 4 is 33.5 Å². The first-order chi connectivity index (χ1) is 18.0. The van der Waals surface area contributed by atoms with E-state index in [9.17, 15) is 9.18 Å². The van der Waals surface area contributed by atoms with Crippen molar-refractivity contribution in [2.45, 2.75) is 13.8 Å². The number of fused-ring (bicyclic) bond motifs is 2. The van der Waals surface area contributed by atoms with E-state index in [0.29, 0.717) is 39.5 Å². The van der Waals surface area contributed by atoms with E-state index in [-0.39, 0.29) is 17.6 Å². The van der Waals surface area contributed by atoms with Crippen molar-refractivity contribution in [3.8, 4) is 33.9 Å². The molecule has 0 aliphatic rings. The first-order valence-electron chi connectivity index (χ1n) is 11.8. The number of benzene rings is 2. The Morgan fingerprint density at radius 2 is 1.81 bits per heavy atom. The molecule has 0 saturated heterocycles. The van der Waals surface area contributed by atoms with Crippen LogP contribution >= 0.6 is 0 Å². The van der Waals surface area contributed by atoms with Crippen molar-refractivity contribution < 1.29 is 9.18 Å². The number of halogens is 1. The van der Waals surface area contributed by atoms with E-state index in [4.69, 9.17) is 4.98 Å². The van der Waals surface area contributed by atoms with Gasteiger partial charge < -0.3 is 10.3 Å². The van der Waals surface area contributed by atoms with E-state index < -0.39 is 0 Å². The van der Waals surface area contributed by atoms with Gasteiger partial charge in [0.1, 0.15) is 11.5 Å². The third-order valence-corrected chi connectivity index (χ3v) is 6.17. The maximum absolute atomic E-state index is 14.5. The molecule has 4 aromatic heterocycles. The Hall–Kier alpha value is -4.92. The molecule has 6 aromatic rings. The Balaban J connectivity index is 1.42. The lowest BCUT2D eigenvalue weighted by molar-refractivity contribution is -0.118. The molecule has 4 heterocycles. The Morgan fingerprint density at radius 1 is 0.973 bits per heavy atom. The number of rotatable bonds is 5. The highest BCUT2D eigenvalue weighted by atomic mass is 19.1. The number of amides is 1. The topological polar surface area (TPSA) is 112 Å². The zero-order chi connectivity index (χ0) is 25.5. The highest BCUT2D eigenvalue weighted by Crippen LogP contribution is 2.33. The van der Waals surface area contributed by atoms with Crippen LogP contribution in [0.15, 0.2) is 73.2 Å². The van der Waals surface area contributed by atoms with E-state index in [1.165, 1.54) is 6.07 Å². The van der Waals surface area contributed by atoms with E-state index >= 15 is 0 Å². The maximum Gasteiger partial charge on any atom is 0.226 e. The van der Waals surface area contributed by atoms with Gasteiger partial charge in [0.2, 0.25) is 5.91 Å². The number of carbonyl (C=O) groups is 1. The molecule has 0 bridgehead atoms. The fourth-order valence-electron chi connectivity index (χ4n) is 4.23. The average molecular weight is 492 g/mol. The number of H-pyrrole nitrogens is 2. The van der Waals surface area contributed by atoms with Gasteiger partial charge in [-0.2, -0.15) is 5.10 Å². The number of imidazole rings is 1. The third kappa shape index (κ3) is 4.10. The Kier molecular flexibility index (Phi) is 5.45. The van der Waals surface area contributed by atoms with Gasteiger partial charge in [-0.15, -0.1) is 0 Å². The van der Waals surface area contributed by atoms with Gasteiger partial charge >= 0.3 is 0 Å². The molecular formula is C28H22FN7O. The van der Waals surface area contributed by atoms with Crippen molar-refractivity contribution in [2.24, 2.45) is 5.92 Å². The van der Waals surface area contributed by atoms with Gasteiger partial charge in [0.05, 0.1) is 40.3 Å². The minimum absolute atomic E-state index is 0.0841. The van der Waals surface area contributed by atoms with Crippen LogP contribution in [-0.4, -0.2) is 36.0 Å². The van der Waals surface area contributed by atoms with E-state index in [1.54, 1.807) is 36.8 Å². The van der Waals surface area contributed by atoms with Crippen LogP contribution in [0.4, 0.5) is 10.1 Å². The number of nitrogens with zero attached hydrogens (tertiary/aromatic N) is 4. The van der Waals surface area contributed by atoms with Crippen LogP contribution in [0.5, 0.6) is 0 Å². The molecule has 37 heavy (non-hydrogen) atoms. The van der Waals surface area contributed by atoms with E-state index in [2.05, 4.69) is 30.5 Å². The van der Waals surface area contributed by atoms with E-state index in [0.717, 1.165) is 22.0 Å². The van der Waals surface area contributed by atoms with Crippen LogP contribution in [-0.2, 0) is 4.79 Å². The predicted molar refractivity (Wildman–Crippen MR) is 141 cm³/mol. The lowest BCUT2D eigenvalue weighted by atomic mass is 10.0. The molecule has 6 rings (SSSR count). The highest BCUT2D eigenvalue weighted by molar-refractivity contribution is 5.98. The van der Waals surface area contributed by atoms with Crippen molar-refractivity contribution in [2.75, 3.05) is 5.32 Å². The number of hydrogen-bond acceptors (Lipinski definition) is 5. The summed E-state index contributed by atoms with van der Waals surface area (Å²) in [5.41, 5.74) is 6.01. The molecule has 0 unspecified atom stereocenters. The monoisotopic (exact) mass is 491 g/mol. The summed E-state index contributed by atoms with van der Waals surface area (Å²) >= 11 is 0. The molecule has 0 aliphatic carbocycles. The second kappa shape index (κ2) is 8.94. The summed E-state index contributed by atoms with van der Waals surface area (Å²) in [7, 11) is 0. The Labute approximate surface area is 211 Å². The smallest absolute Gasteiger partial charge is 0.226 e. The molecule has 2 aromatic carbocycles. The molecule has 0 saturated carbocycles. The molecule has 3 N–H and O–H groups in total. The molecule has 8 nitrogen and oxygen atoms in total. The molecule has 9 heteroatoms. The van der Waals surface area contributed by atoms with Crippen molar-refractivity contribution in [3.05, 3.63) is 79.0 Å². The largest absolute Gasteiger partial charge is 0.337 e. The zero-order valence-electron chi connectivity index (χ0n) is 20.1. The summed E-state index contributed by atoms with van der Waals surface area (Å²) in [6.07, 6.45) is 5.00. The number of pyridine rings is 2. The second-order valence-corrected chi connectivity index (χ2v) is 9.06. The number of nitrogens with one attached hydrogen (secondary N) is 3. The molecule has 0 atom stereocenters. The summed E-state index contributed by atoms with van der Waals surface area (Å²) < 4.78 is 14.5. The SMILES string of the molecule is CC(C)C(=O)Nc1cncc(-c2cc3c(-c4nc5c(-c6ccccc6F)cccc5[nH]4)n[nH]c3cn2)c1. The van der Waals surface area contributed by atoms with Gasteiger partial charge in [0.15, 0.2) is 5.82 Å².